The molecular weight excluding hydrogens is 242 g/mol. The molecule has 0 N–H and O–H groups in total. The number of aromatic nitrogens is 2. The summed E-state index contributed by atoms with van der Waals surface area (Å²) < 4.78 is 7.26. The largest absolute Gasteiger partial charge is 0.379 e. The molecule has 1 aromatic carbocycles. The molecule has 1 aliphatic rings. The van der Waals surface area contributed by atoms with Crippen molar-refractivity contribution >= 4 is 17.2 Å². The van der Waals surface area contributed by atoms with Crippen LogP contribution in [0.15, 0.2) is 24.3 Å². The van der Waals surface area contributed by atoms with Gasteiger partial charge in [-0.1, -0.05) is 18.2 Å². The number of carbonyl (C=O) groups excluding carboxylic acids is 1. The average molecular weight is 259 g/mol. The van der Waals surface area contributed by atoms with Gasteiger partial charge in [-0.25, -0.2) is 0 Å². The summed E-state index contributed by atoms with van der Waals surface area (Å²) in [5.74, 6) is 0. The van der Waals surface area contributed by atoms with Crippen LogP contribution in [0.1, 0.15) is 10.5 Å². The summed E-state index contributed by atoms with van der Waals surface area (Å²) in [6, 6.07) is 7.86. The molecule has 0 atom stereocenters. The quantitative estimate of drug-likeness (QED) is 0.774. The highest BCUT2D eigenvalue weighted by Gasteiger charge is 2.12. The number of rotatable bonds is 4. The molecule has 2 heterocycles. The van der Waals surface area contributed by atoms with E-state index in [1.807, 2.05) is 28.9 Å². The molecule has 1 fully saturated rings. The van der Waals surface area contributed by atoms with Crippen molar-refractivity contribution in [2.75, 3.05) is 32.8 Å². The Morgan fingerprint density at radius 3 is 2.79 bits per heavy atom. The second kappa shape index (κ2) is 5.50. The van der Waals surface area contributed by atoms with Gasteiger partial charge in [0.2, 0.25) is 0 Å². The number of ether oxygens (including phenoxy) is 1. The molecule has 0 saturated carbocycles. The first-order chi connectivity index (χ1) is 9.38. The smallest absolute Gasteiger partial charge is 0.170 e. The number of nitrogens with zero attached hydrogens (tertiary/aromatic N) is 3. The van der Waals surface area contributed by atoms with Crippen LogP contribution in [0.4, 0.5) is 0 Å². The predicted molar refractivity (Wildman–Crippen MR) is 72.4 cm³/mol. The van der Waals surface area contributed by atoms with Gasteiger partial charge in [-0.3, -0.25) is 14.4 Å². The van der Waals surface area contributed by atoms with Crippen molar-refractivity contribution in [1.29, 1.82) is 0 Å². The zero-order valence-corrected chi connectivity index (χ0v) is 10.8. The van der Waals surface area contributed by atoms with E-state index in [0.717, 1.165) is 56.6 Å². The molecule has 0 bridgehead atoms. The fraction of sp³-hybridized carbons (Fsp3) is 0.429. The number of fused-ring (bicyclic) bond motifs is 1. The van der Waals surface area contributed by atoms with Crippen LogP contribution >= 0.6 is 0 Å². The predicted octanol–water partition coefficient (Wildman–Crippen LogP) is 1.18. The first-order valence-corrected chi connectivity index (χ1v) is 6.59. The van der Waals surface area contributed by atoms with E-state index in [9.17, 15) is 4.79 Å². The van der Waals surface area contributed by atoms with E-state index >= 15 is 0 Å². The average Bonchev–Trinajstić information content (AvgIpc) is 2.84. The maximum absolute atomic E-state index is 11.0. The molecule has 100 valence electrons. The molecule has 19 heavy (non-hydrogen) atoms. The zero-order chi connectivity index (χ0) is 13.1. The van der Waals surface area contributed by atoms with Crippen LogP contribution in [-0.2, 0) is 11.3 Å². The van der Waals surface area contributed by atoms with Crippen molar-refractivity contribution in [1.82, 2.24) is 14.7 Å². The summed E-state index contributed by atoms with van der Waals surface area (Å²) in [6.07, 6.45) is 0.827. The maximum atomic E-state index is 11.0. The van der Waals surface area contributed by atoms with Crippen molar-refractivity contribution in [2.45, 2.75) is 6.54 Å². The molecule has 1 saturated heterocycles. The van der Waals surface area contributed by atoms with Crippen LogP contribution in [-0.4, -0.2) is 53.8 Å². The van der Waals surface area contributed by atoms with Gasteiger partial charge in [0.15, 0.2) is 6.29 Å². The van der Waals surface area contributed by atoms with Gasteiger partial charge in [0.05, 0.1) is 25.3 Å². The lowest BCUT2D eigenvalue weighted by molar-refractivity contribution is 0.0361. The number of para-hydroxylation sites is 1. The summed E-state index contributed by atoms with van der Waals surface area (Å²) in [5, 5.41) is 5.31. The minimum Gasteiger partial charge on any atom is -0.379 e. The Morgan fingerprint density at radius 1 is 1.21 bits per heavy atom. The van der Waals surface area contributed by atoms with Gasteiger partial charge in [0, 0.05) is 25.0 Å². The molecule has 2 aromatic rings. The van der Waals surface area contributed by atoms with Crippen LogP contribution in [0.2, 0.25) is 0 Å². The Hall–Kier alpha value is -1.72. The van der Waals surface area contributed by atoms with Crippen molar-refractivity contribution in [3.05, 3.63) is 30.0 Å². The van der Waals surface area contributed by atoms with Gasteiger partial charge < -0.3 is 4.74 Å². The third-order valence-electron chi connectivity index (χ3n) is 3.53. The van der Waals surface area contributed by atoms with Gasteiger partial charge in [-0.15, -0.1) is 0 Å². The van der Waals surface area contributed by atoms with Gasteiger partial charge in [0.1, 0.15) is 5.69 Å². The Balaban J connectivity index is 1.78. The van der Waals surface area contributed by atoms with E-state index in [4.69, 9.17) is 4.74 Å². The fourth-order valence-corrected chi connectivity index (χ4v) is 2.47. The Morgan fingerprint density at radius 2 is 2.00 bits per heavy atom. The zero-order valence-electron chi connectivity index (χ0n) is 10.8. The third-order valence-corrected chi connectivity index (χ3v) is 3.53. The normalized spacial score (nSPS) is 16.8. The number of hydrogen-bond acceptors (Lipinski definition) is 4. The van der Waals surface area contributed by atoms with E-state index in [1.54, 1.807) is 0 Å². The molecule has 0 spiro atoms. The number of aldehydes is 1. The summed E-state index contributed by atoms with van der Waals surface area (Å²) >= 11 is 0. The highest BCUT2D eigenvalue weighted by Crippen LogP contribution is 2.17. The third kappa shape index (κ3) is 2.52. The summed E-state index contributed by atoms with van der Waals surface area (Å²) in [7, 11) is 0. The van der Waals surface area contributed by atoms with Crippen molar-refractivity contribution in [3.63, 3.8) is 0 Å². The topological polar surface area (TPSA) is 47.4 Å². The maximum Gasteiger partial charge on any atom is 0.170 e. The highest BCUT2D eigenvalue weighted by atomic mass is 16.5. The van der Waals surface area contributed by atoms with Gasteiger partial charge in [-0.05, 0) is 6.07 Å². The minimum atomic E-state index is 0.526. The number of carbonyl (C=O) groups is 1. The first-order valence-electron chi connectivity index (χ1n) is 6.59. The molecule has 1 aliphatic heterocycles. The highest BCUT2D eigenvalue weighted by molar-refractivity contribution is 5.95. The fourth-order valence-electron chi connectivity index (χ4n) is 2.47. The van der Waals surface area contributed by atoms with Crippen molar-refractivity contribution in [2.24, 2.45) is 0 Å². The van der Waals surface area contributed by atoms with Crippen LogP contribution in [0.25, 0.3) is 10.9 Å². The molecule has 5 nitrogen and oxygen atoms in total. The SMILES string of the molecule is O=Cc1nn(CCN2CCOCC2)c2ccccc12. The van der Waals surface area contributed by atoms with Crippen molar-refractivity contribution in [3.8, 4) is 0 Å². The lowest BCUT2D eigenvalue weighted by atomic mass is 10.2. The van der Waals surface area contributed by atoms with E-state index in [0.29, 0.717) is 5.69 Å². The van der Waals surface area contributed by atoms with E-state index in [-0.39, 0.29) is 0 Å². The van der Waals surface area contributed by atoms with Gasteiger partial charge in [0.25, 0.3) is 0 Å². The number of benzene rings is 1. The Bertz CT molecular complexity index is 573. The monoisotopic (exact) mass is 259 g/mol. The summed E-state index contributed by atoms with van der Waals surface area (Å²) in [5.41, 5.74) is 1.55. The van der Waals surface area contributed by atoms with Crippen LogP contribution in [0.5, 0.6) is 0 Å². The molecule has 0 unspecified atom stereocenters. The minimum absolute atomic E-state index is 0.526. The Labute approximate surface area is 111 Å². The number of hydrogen-bond donors (Lipinski definition) is 0. The van der Waals surface area contributed by atoms with E-state index in [1.165, 1.54) is 0 Å². The summed E-state index contributed by atoms with van der Waals surface area (Å²) in [4.78, 5) is 13.4. The lowest BCUT2D eigenvalue weighted by Crippen LogP contribution is -2.38. The number of morpholine rings is 1. The van der Waals surface area contributed by atoms with Crippen LogP contribution < -0.4 is 0 Å². The second-order valence-electron chi connectivity index (χ2n) is 4.70. The molecule has 5 heteroatoms. The molecule has 0 radical (unpaired) electrons. The van der Waals surface area contributed by atoms with E-state index < -0.39 is 0 Å². The molecular formula is C14H17N3O2. The van der Waals surface area contributed by atoms with Crippen LogP contribution in [0, 0.1) is 0 Å². The van der Waals surface area contributed by atoms with Gasteiger partial charge in [-0.2, -0.15) is 5.10 Å². The lowest BCUT2D eigenvalue weighted by Gasteiger charge is -2.26. The molecule has 1 aromatic heterocycles. The second-order valence-corrected chi connectivity index (χ2v) is 4.70. The van der Waals surface area contributed by atoms with E-state index in [2.05, 4.69) is 10.00 Å². The Kier molecular flexibility index (Phi) is 3.57. The summed E-state index contributed by atoms with van der Waals surface area (Å²) in [6.45, 7) is 5.29. The first kappa shape index (κ1) is 12.3. The molecule has 0 aliphatic carbocycles. The standard InChI is InChI=1S/C14H17N3O2/c18-11-13-12-3-1-2-4-14(12)17(15-13)6-5-16-7-9-19-10-8-16/h1-4,11H,5-10H2. The van der Waals surface area contributed by atoms with Crippen molar-refractivity contribution < 1.29 is 9.53 Å². The van der Waals surface area contributed by atoms with Crippen LogP contribution in [0.3, 0.4) is 0 Å². The molecule has 3 rings (SSSR count). The van der Waals surface area contributed by atoms with Gasteiger partial charge >= 0.3 is 0 Å². The molecule has 0 amide bonds.